The molecule has 0 aliphatic carbocycles. The second kappa shape index (κ2) is 6.84. The van der Waals surface area contributed by atoms with Crippen molar-refractivity contribution < 1.29 is 4.79 Å². The van der Waals surface area contributed by atoms with Crippen LogP contribution in [0.15, 0.2) is 42.6 Å². The van der Waals surface area contributed by atoms with Crippen LogP contribution >= 0.6 is 0 Å². The summed E-state index contributed by atoms with van der Waals surface area (Å²) in [5.74, 6) is 0.284. The number of pyridine rings is 1. The molecule has 1 unspecified atom stereocenters. The number of likely N-dealkylation sites (tertiary alicyclic amines) is 1. The van der Waals surface area contributed by atoms with Gasteiger partial charge in [0, 0.05) is 30.7 Å². The van der Waals surface area contributed by atoms with Gasteiger partial charge < -0.3 is 4.90 Å². The summed E-state index contributed by atoms with van der Waals surface area (Å²) in [5.41, 5.74) is 4.21. The highest BCUT2D eigenvalue weighted by Crippen LogP contribution is 2.40. The molecule has 2 aliphatic rings. The summed E-state index contributed by atoms with van der Waals surface area (Å²) in [6.45, 7) is 6.76. The second-order valence-corrected chi connectivity index (χ2v) is 7.70. The zero-order valence-electron chi connectivity index (χ0n) is 15.7. The van der Waals surface area contributed by atoms with Crippen molar-refractivity contribution >= 4 is 11.6 Å². The summed E-state index contributed by atoms with van der Waals surface area (Å²) >= 11 is 0. The van der Waals surface area contributed by atoms with Gasteiger partial charge in [0.25, 0.3) is 0 Å². The number of benzene rings is 1. The number of carbonyl (C=O) groups is 1. The monoisotopic (exact) mass is 349 g/mol. The predicted octanol–water partition coefficient (Wildman–Crippen LogP) is 3.86. The number of aromatic nitrogens is 1. The second-order valence-electron chi connectivity index (χ2n) is 7.70. The fourth-order valence-corrected chi connectivity index (χ4v) is 4.54. The standard InChI is InChI=1S/C22H27N3O/c1-17-7-9-20(10-8-17)25-15-5-12-22(21(25)26)11-4-14-24(22)16-19-6-3-13-23-18(19)2/h3,6-10,13H,4-5,11-12,14-16H2,1-2H3. The Morgan fingerprint density at radius 2 is 1.77 bits per heavy atom. The average molecular weight is 349 g/mol. The van der Waals surface area contributed by atoms with E-state index in [2.05, 4.69) is 54.1 Å². The van der Waals surface area contributed by atoms with Crippen LogP contribution in [-0.4, -0.2) is 34.4 Å². The molecule has 1 aromatic carbocycles. The molecule has 4 heteroatoms. The van der Waals surface area contributed by atoms with Crippen molar-refractivity contribution in [1.29, 1.82) is 0 Å². The first-order valence-corrected chi connectivity index (χ1v) is 9.64. The molecule has 2 aliphatic heterocycles. The number of amides is 1. The van der Waals surface area contributed by atoms with Gasteiger partial charge in [0.1, 0.15) is 5.54 Å². The van der Waals surface area contributed by atoms with Crippen LogP contribution in [0.25, 0.3) is 0 Å². The van der Waals surface area contributed by atoms with Gasteiger partial charge in [0.2, 0.25) is 5.91 Å². The van der Waals surface area contributed by atoms with Gasteiger partial charge in [0.15, 0.2) is 0 Å². The van der Waals surface area contributed by atoms with E-state index < -0.39 is 0 Å². The minimum Gasteiger partial charge on any atom is -0.311 e. The molecular formula is C22H27N3O. The quantitative estimate of drug-likeness (QED) is 0.844. The third-order valence-electron chi connectivity index (χ3n) is 6.06. The van der Waals surface area contributed by atoms with E-state index in [0.717, 1.165) is 56.7 Å². The van der Waals surface area contributed by atoms with Gasteiger partial charge in [-0.05, 0) is 69.8 Å². The first kappa shape index (κ1) is 17.2. The Morgan fingerprint density at radius 1 is 1.04 bits per heavy atom. The van der Waals surface area contributed by atoms with E-state index in [-0.39, 0.29) is 11.4 Å². The number of anilines is 1. The lowest BCUT2D eigenvalue weighted by Gasteiger charge is -2.44. The van der Waals surface area contributed by atoms with Gasteiger partial charge in [-0.3, -0.25) is 14.7 Å². The number of carbonyl (C=O) groups excluding carboxylic acids is 1. The van der Waals surface area contributed by atoms with Crippen molar-refractivity contribution in [2.75, 3.05) is 18.0 Å². The molecule has 0 saturated carbocycles. The van der Waals surface area contributed by atoms with Crippen LogP contribution in [0.1, 0.15) is 42.5 Å². The smallest absolute Gasteiger partial charge is 0.247 e. The van der Waals surface area contributed by atoms with Crippen LogP contribution < -0.4 is 4.90 Å². The molecule has 2 aromatic rings. The Labute approximate surface area is 155 Å². The lowest BCUT2D eigenvalue weighted by atomic mass is 9.84. The highest BCUT2D eigenvalue weighted by Gasteiger charge is 2.51. The molecule has 136 valence electrons. The molecule has 4 nitrogen and oxygen atoms in total. The van der Waals surface area contributed by atoms with Crippen LogP contribution in [0.2, 0.25) is 0 Å². The van der Waals surface area contributed by atoms with Crippen LogP contribution in [0.5, 0.6) is 0 Å². The summed E-state index contributed by atoms with van der Waals surface area (Å²) in [5, 5.41) is 0. The van der Waals surface area contributed by atoms with E-state index in [1.54, 1.807) is 0 Å². The van der Waals surface area contributed by atoms with Gasteiger partial charge in [-0.2, -0.15) is 0 Å². The summed E-state index contributed by atoms with van der Waals surface area (Å²) < 4.78 is 0. The molecule has 3 heterocycles. The van der Waals surface area contributed by atoms with Gasteiger partial charge in [-0.1, -0.05) is 23.8 Å². The van der Waals surface area contributed by atoms with E-state index in [9.17, 15) is 4.79 Å². The number of rotatable bonds is 3. The van der Waals surface area contributed by atoms with E-state index in [4.69, 9.17) is 0 Å². The molecule has 1 atom stereocenters. The van der Waals surface area contributed by atoms with E-state index in [1.165, 1.54) is 11.1 Å². The maximum atomic E-state index is 13.6. The molecule has 2 saturated heterocycles. The minimum atomic E-state index is -0.342. The van der Waals surface area contributed by atoms with E-state index >= 15 is 0 Å². The highest BCUT2D eigenvalue weighted by atomic mass is 16.2. The maximum absolute atomic E-state index is 13.6. The predicted molar refractivity (Wildman–Crippen MR) is 104 cm³/mol. The van der Waals surface area contributed by atoms with Crippen LogP contribution in [0.3, 0.4) is 0 Å². The van der Waals surface area contributed by atoms with Crippen molar-refractivity contribution in [1.82, 2.24) is 9.88 Å². The average Bonchev–Trinajstić information content (AvgIpc) is 3.04. The van der Waals surface area contributed by atoms with Gasteiger partial charge in [0.05, 0.1) is 0 Å². The maximum Gasteiger partial charge on any atom is 0.247 e. The molecule has 0 bridgehead atoms. The van der Waals surface area contributed by atoms with Crippen LogP contribution in [0.4, 0.5) is 5.69 Å². The molecule has 1 amide bonds. The highest BCUT2D eigenvalue weighted by molar-refractivity contribution is 6.01. The molecular weight excluding hydrogens is 322 g/mol. The zero-order valence-corrected chi connectivity index (χ0v) is 15.7. The normalized spacial score (nSPS) is 23.8. The number of nitrogens with zero attached hydrogens (tertiary/aromatic N) is 3. The van der Waals surface area contributed by atoms with Gasteiger partial charge in [-0.25, -0.2) is 0 Å². The van der Waals surface area contributed by atoms with E-state index in [1.807, 2.05) is 17.2 Å². The Bertz CT molecular complexity index is 801. The van der Waals surface area contributed by atoms with Gasteiger partial charge in [-0.15, -0.1) is 0 Å². The largest absolute Gasteiger partial charge is 0.311 e. The molecule has 26 heavy (non-hydrogen) atoms. The lowest BCUT2D eigenvalue weighted by Crippen LogP contribution is -2.60. The molecule has 1 spiro atoms. The molecule has 1 aromatic heterocycles. The van der Waals surface area contributed by atoms with E-state index in [0.29, 0.717) is 0 Å². The minimum absolute atomic E-state index is 0.284. The molecule has 0 radical (unpaired) electrons. The number of piperidine rings is 1. The van der Waals surface area contributed by atoms with Crippen molar-refractivity contribution in [3.05, 3.63) is 59.4 Å². The van der Waals surface area contributed by atoms with Crippen molar-refractivity contribution in [3.8, 4) is 0 Å². The number of aryl methyl sites for hydroxylation is 2. The first-order valence-electron chi connectivity index (χ1n) is 9.64. The SMILES string of the molecule is Cc1ccc(N2CCCC3(CCCN3Cc3cccnc3C)C2=O)cc1. The topological polar surface area (TPSA) is 36.4 Å². The van der Waals surface area contributed by atoms with Crippen molar-refractivity contribution in [2.45, 2.75) is 51.6 Å². The molecule has 4 rings (SSSR count). The third-order valence-corrected chi connectivity index (χ3v) is 6.06. The summed E-state index contributed by atoms with van der Waals surface area (Å²) in [7, 11) is 0. The summed E-state index contributed by atoms with van der Waals surface area (Å²) in [4.78, 5) is 22.4. The number of hydrogen-bond donors (Lipinski definition) is 0. The Hall–Kier alpha value is -2.20. The van der Waals surface area contributed by atoms with Gasteiger partial charge >= 0.3 is 0 Å². The van der Waals surface area contributed by atoms with Crippen LogP contribution in [0, 0.1) is 13.8 Å². The van der Waals surface area contributed by atoms with Crippen molar-refractivity contribution in [3.63, 3.8) is 0 Å². The Morgan fingerprint density at radius 3 is 2.50 bits per heavy atom. The fraction of sp³-hybridized carbons (Fsp3) is 0.455. The molecule has 2 fully saturated rings. The lowest BCUT2D eigenvalue weighted by molar-refractivity contribution is -0.131. The fourth-order valence-electron chi connectivity index (χ4n) is 4.54. The summed E-state index contributed by atoms with van der Waals surface area (Å²) in [6.07, 6.45) is 5.92. The number of hydrogen-bond acceptors (Lipinski definition) is 3. The third kappa shape index (κ3) is 2.92. The zero-order chi connectivity index (χ0) is 18.1. The Balaban J connectivity index is 1.62. The molecule has 0 N–H and O–H groups in total. The Kier molecular flexibility index (Phi) is 4.53. The van der Waals surface area contributed by atoms with Crippen molar-refractivity contribution in [2.24, 2.45) is 0 Å². The first-order chi connectivity index (χ1) is 12.6. The van der Waals surface area contributed by atoms with Crippen LogP contribution in [-0.2, 0) is 11.3 Å². The summed E-state index contributed by atoms with van der Waals surface area (Å²) in [6, 6.07) is 12.5.